The molecule has 0 saturated carbocycles. The van der Waals surface area contributed by atoms with Crippen LogP contribution in [0.25, 0.3) is 44.6 Å². The lowest BCUT2D eigenvalue weighted by molar-refractivity contribution is -0.649. The first-order valence-corrected chi connectivity index (χ1v) is 9.89. The van der Waals surface area contributed by atoms with Crippen molar-refractivity contribution in [2.45, 2.75) is 20.8 Å². The van der Waals surface area contributed by atoms with Crippen LogP contribution in [0.1, 0.15) is 16.8 Å². The highest BCUT2D eigenvalue weighted by Gasteiger charge is 2.23. The molecule has 3 nitrogen and oxygen atoms in total. The Morgan fingerprint density at radius 1 is 0.759 bits per heavy atom. The van der Waals surface area contributed by atoms with Crippen molar-refractivity contribution >= 4 is 22.1 Å². The molecule has 5 rings (SSSR count). The van der Waals surface area contributed by atoms with Crippen molar-refractivity contribution < 1.29 is 8.98 Å². The SMILES string of the molecule is Cc1ccc2c(n1)oc1ccc(C)c(-c3cccc(-c4ccccc4C)[n+]3C)c12. The zero-order valence-corrected chi connectivity index (χ0v) is 17.2. The second-order valence-electron chi connectivity index (χ2n) is 7.71. The van der Waals surface area contributed by atoms with Gasteiger partial charge in [0.1, 0.15) is 12.6 Å². The molecule has 142 valence electrons. The van der Waals surface area contributed by atoms with Gasteiger partial charge in [0.2, 0.25) is 17.1 Å². The summed E-state index contributed by atoms with van der Waals surface area (Å²) in [6.45, 7) is 6.31. The molecule has 3 heteroatoms. The predicted molar refractivity (Wildman–Crippen MR) is 118 cm³/mol. The van der Waals surface area contributed by atoms with Gasteiger partial charge >= 0.3 is 0 Å². The number of hydrogen-bond acceptors (Lipinski definition) is 2. The van der Waals surface area contributed by atoms with E-state index in [4.69, 9.17) is 4.42 Å². The van der Waals surface area contributed by atoms with Crippen LogP contribution in [0.4, 0.5) is 0 Å². The van der Waals surface area contributed by atoms with Crippen molar-refractivity contribution in [1.29, 1.82) is 0 Å². The van der Waals surface area contributed by atoms with Crippen LogP contribution in [0.2, 0.25) is 0 Å². The molecule has 5 aromatic rings. The van der Waals surface area contributed by atoms with Crippen LogP contribution >= 0.6 is 0 Å². The highest BCUT2D eigenvalue weighted by molar-refractivity contribution is 6.11. The highest BCUT2D eigenvalue weighted by atomic mass is 16.3. The molecule has 0 fully saturated rings. The molecule has 0 aliphatic heterocycles. The topological polar surface area (TPSA) is 29.9 Å². The lowest BCUT2D eigenvalue weighted by Gasteiger charge is -2.10. The predicted octanol–water partition coefficient (Wildman–Crippen LogP) is 6.06. The molecule has 0 amide bonds. The summed E-state index contributed by atoms with van der Waals surface area (Å²) in [4.78, 5) is 4.60. The summed E-state index contributed by atoms with van der Waals surface area (Å²) in [6.07, 6.45) is 0. The minimum Gasteiger partial charge on any atom is -0.438 e. The average molecular weight is 379 g/mol. The van der Waals surface area contributed by atoms with Gasteiger partial charge in [-0.2, -0.15) is 4.57 Å². The lowest BCUT2D eigenvalue weighted by atomic mass is 9.97. The average Bonchev–Trinajstić information content (AvgIpc) is 3.07. The molecule has 2 aromatic carbocycles. The van der Waals surface area contributed by atoms with E-state index in [2.05, 4.69) is 91.1 Å². The molecule has 0 aliphatic carbocycles. The van der Waals surface area contributed by atoms with E-state index in [-0.39, 0.29) is 0 Å². The van der Waals surface area contributed by atoms with Crippen LogP contribution in [0.5, 0.6) is 0 Å². The molecule has 0 spiro atoms. The normalized spacial score (nSPS) is 11.4. The van der Waals surface area contributed by atoms with E-state index in [1.54, 1.807) is 0 Å². The first-order valence-electron chi connectivity index (χ1n) is 9.89. The van der Waals surface area contributed by atoms with Crippen molar-refractivity contribution in [3.05, 3.63) is 83.6 Å². The number of aromatic nitrogens is 2. The molecule has 0 saturated heterocycles. The van der Waals surface area contributed by atoms with Gasteiger partial charge in [-0.05, 0) is 62.2 Å². The molecule has 0 N–H and O–H groups in total. The summed E-state index contributed by atoms with van der Waals surface area (Å²) in [6, 6.07) is 23.4. The Kier molecular flexibility index (Phi) is 3.99. The van der Waals surface area contributed by atoms with Gasteiger partial charge < -0.3 is 4.42 Å². The van der Waals surface area contributed by atoms with Crippen LogP contribution in [-0.4, -0.2) is 4.98 Å². The summed E-state index contributed by atoms with van der Waals surface area (Å²) in [5.74, 6) is 0. The highest BCUT2D eigenvalue weighted by Crippen LogP contribution is 2.37. The molecular formula is C26H23N2O+. The molecular weight excluding hydrogens is 356 g/mol. The molecule has 0 radical (unpaired) electrons. The van der Waals surface area contributed by atoms with Crippen molar-refractivity contribution in [1.82, 2.24) is 4.98 Å². The van der Waals surface area contributed by atoms with E-state index < -0.39 is 0 Å². The Hall–Kier alpha value is -3.46. The summed E-state index contributed by atoms with van der Waals surface area (Å²) < 4.78 is 8.39. The summed E-state index contributed by atoms with van der Waals surface area (Å²) in [5.41, 5.74) is 9.82. The third-order valence-electron chi connectivity index (χ3n) is 5.76. The van der Waals surface area contributed by atoms with E-state index in [0.29, 0.717) is 5.71 Å². The first-order chi connectivity index (χ1) is 14.0. The van der Waals surface area contributed by atoms with Gasteiger partial charge in [-0.25, -0.2) is 4.98 Å². The maximum Gasteiger partial charge on any atom is 0.227 e. The van der Waals surface area contributed by atoms with E-state index in [1.165, 1.54) is 27.9 Å². The molecule has 3 heterocycles. The van der Waals surface area contributed by atoms with Crippen molar-refractivity contribution in [2.75, 3.05) is 0 Å². The minimum atomic E-state index is 0.699. The van der Waals surface area contributed by atoms with Crippen LogP contribution < -0.4 is 4.57 Å². The second kappa shape index (κ2) is 6.56. The van der Waals surface area contributed by atoms with E-state index >= 15 is 0 Å². The Labute approximate surface area is 170 Å². The van der Waals surface area contributed by atoms with Crippen LogP contribution in [-0.2, 0) is 7.05 Å². The van der Waals surface area contributed by atoms with Gasteiger partial charge in [0.25, 0.3) is 0 Å². The van der Waals surface area contributed by atoms with Gasteiger partial charge in [-0.3, -0.25) is 0 Å². The van der Waals surface area contributed by atoms with E-state index in [9.17, 15) is 0 Å². The van der Waals surface area contributed by atoms with Crippen molar-refractivity contribution in [3.63, 3.8) is 0 Å². The zero-order valence-electron chi connectivity index (χ0n) is 17.2. The standard InChI is InChI=1S/C26H23N2O/c1-16-8-5-6-9-19(16)21-10-7-11-22(28(21)4)24-17(2)12-15-23-25(24)20-14-13-18(3)27-26(20)29-23/h5-15H,1-4H3/q+1. The monoisotopic (exact) mass is 379 g/mol. The number of hydrogen-bond donors (Lipinski definition) is 0. The molecule has 0 unspecified atom stereocenters. The Balaban J connectivity index is 1.85. The van der Waals surface area contributed by atoms with E-state index in [1.807, 2.05) is 13.0 Å². The maximum absolute atomic E-state index is 6.10. The number of benzene rings is 2. The number of furan rings is 1. The van der Waals surface area contributed by atoms with Crippen molar-refractivity contribution in [2.24, 2.45) is 7.05 Å². The molecule has 3 aromatic heterocycles. The largest absolute Gasteiger partial charge is 0.438 e. The maximum atomic E-state index is 6.10. The van der Waals surface area contributed by atoms with E-state index in [0.717, 1.165) is 27.7 Å². The fraction of sp³-hybridized carbons (Fsp3) is 0.154. The summed E-state index contributed by atoms with van der Waals surface area (Å²) in [7, 11) is 2.14. The summed E-state index contributed by atoms with van der Waals surface area (Å²) >= 11 is 0. The van der Waals surface area contributed by atoms with Gasteiger partial charge in [-0.1, -0.05) is 24.3 Å². The first kappa shape index (κ1) is 17.6. The second-order valence-corrected chi connectivity index (χ2v) is 7.71. The third kappa shape index (κ3) is 2.73. The fourth-order valence-electron chi connectivity index (χ4n) is 4.24. The Morgan fingerprint density at radius 2 is 1.55 bits per heavy atom. The lowest BCUT2D eigenvalue weighted by Crippen LogP contribution is -2.34. The van der Waals surface area contributed by atoms with Gasteiger partial charge in [0, 0.05) is 34.2 Å². The smallest absolute Gasteiger partial charge is 0.227 e. The summed E-state index contributed by atoms with van der Waals surface area (Å²) in [5, 5.41) is 2.19. The number of pyridine rings is 2. The number of nitrogens with zero attached hydrogens (tertiary/aromatic N) is 2. The van der Waals surface area contributed by atoms with Crippen LogP contribution in [0.15, 0.2) is 71.1 Å². The van der Waals surface area contributed by atoms with Gasteiger partial charge in [0.05, 0.1) is 5.56 Å². The third-order valence-corrected chi connectivity index (χ3v) is 5.76. The van der Waals surface area contributed by atoms with Crippen molar-refractivity contribution in [3.8, 4) is 22.5 Å². The quantitative estimate of drug-likeness (QED) is 0.349. The Bertz CT molecular complexity index is 1400. The number of aryl methyl sites for hydroxylation is 3. The number of fused-ring (bicyclic) bond motifs is 3. The van der Waals surface area contributed by atoms with Crippen LogP contribution in [0, 0.1) is 20.8 Å². The zero-order chi connectivity index (χ0) is 20.1. The molecule has 0 atom stereocenters. The van der Waals surface area contributed by atoms with Gasteiger partial charge in [0.15, 0.2) is 0 Å². The number of rotatable bonds is 2. The Morgan fingerprint density at radius 3 is 2.38 bits per heavy atom. The fourth-order valence-corrected chi connectivity index (χ4v) is 4.24. The minimum absolute atomic E-state index is 0.699. The van der Waals surface area contributed by atoms with Gasteiger partial charge in [-0.15, -0.1) is 0 Å². The van der Waals surface area contributed by atoms with Crippen LogP contribution in [0.3, 0.4) is 0 Å². The molecule has 0 aliphatic rings. The molecule has 29 heavy (non-hydrogen) atoms. The molecule has 0 bridgehead atoms.